The first-order valence-corrected chi connectivity index (χ1v) is 14.6. The number of hydrogen-bond acceptors (Lipinski definition) is 7. The van der Waals surface area contributed by atoms with Crippen LogP contribution in [0.4, 0.5) is 0 Å². The minimum atomic E-state index is -0.478. The van der Waals surface area contributed by atoms with Gasteiger partial charge in [0.05, 0.1) is 25.5 Å². The van der Waals surface area contributed by atoms with Crippen molar-refractivity contribution in [3.05, 3.63) is 94.4 Å². The Balaban J connectivity index is 1.31. The van der Waals surface area contributed by atoms with E-state index >= 15 is 0 Å². The number of hydrogen-bond donors (Lipinski definition) is 1. The molecule has 1 amide bonds. The molecule has 0 fully saturated rings. The second kappa shape index (κ2) is 13.0. The van der Waals surface area contributed by atoms with Gasteiger partial charge >= 0.3 is 0 Å². The van der Waals surface area contributed by atoms with Crippen LogP contribution in [0, 0.1) is 5.41 Å². The summed E-state index contributed by atoms with van der Waals surface area (Å²) in [7, 11) is 3.08. The second-order valence-electron chi connectivity index (χ2n) is 9.76. The highest BCUT2D eigenvalue weighted by molar-refractivity contribution is 8.17. The van der Waals surface area contributed by atoms with Crippen molar-refractivity contribution in [1.82, 2.24) is 4.90 Å². The predicted molar refractivity (Wildman–Crippen MR) is 168 cm³/mol. The smallest absolute Gasteiger partial charge is 0.283 e. The number of rotatable bonds is 11. The van der Waals surface area contributed by atoms with Crippen LogP contribution in [0.2, 0.25) is 0 Å². The maximum atomic E-state index is 13.0. The van der Waals surface area contributed by atoms with E-state index in [-0.39, 0.29) is 18.0 Å². The molecular weight excluding hydrogens is 550 g/mol. The van der Waals surface area contributed by atoms with Gasteiger partial charge in [-0.15, -0.1) is 0 Å². The Morgan fingerprint density at radius 2 is 1.64 bits per heavy atom. The van der Waals surface area contributed by atoms with Crippen molar-refractivity contribution in [1.29, 1.82) is 5.41 Å². The first kappa shape index (κ1) is 29.0. The van der Waals surface area contributed by atoms with Gasteiger partial charge in [-0.05, 0) is 59.4 Å². The van der Waals surface area contributed by atoms with E-state index in [1.165, 1.54) is 31.5 Å². The highest BCUT2D eigenvalue weighted by atomic mass is 32.2. The van der Waals surface area contributed by atoms with Gasteiger partial charge in [0.25, 0.3) is 5.91 Å². The van der Waals surface area contributed by atoms with Crippen molar-refractivity contribution in [3.8, 4) is 23.0 Å². The molecule has 5 rings (SSSR count). The molecule has 0 aliphatic carbocycles. The van der Waals surface area contributed by atoms with E-state index in [2.05, 4.69) is 31.0 Å². The first-order chi connectivity index (χ1) is 20.4. The van der Waals surface area contributed by atoms with Crippen LogP contribution in [0.1, 0.15) is 42.9 Å². The van der Waals surface area contributed by atoms with Crippen LogP contribution in [0.3, 0.4) is 0 Å². The standard InChI is InChI=1S/C33H33N3O5S/c1-5-21(2)23-11-13-25(14-12-23)40-15-16-41-30-28(38-3)18-22(19-29(30)39-4)17-26-31(34)36-27(24-9-7-6-8-10-24)20-42-33(36)35-32(26)37/h6-14,17-21,34H,5,15-16H2,1-4H3/b26-17-,34-31?. The monoisotopic (exact) mass is 583 g/mol. The number of ether oxygens (including phenoxy) is 4. The summed E-state index contributed by atoms with van der Waals surface area (Å²) in [5.41, 5.74) is 3.79. The van der Waals surface area contributed by atoms with Gasteiger partial charge in [0.2, 0.25) is 5.75 Å². The molecule has 3 aromatic carbocycles. The highest BCUT2D eigenvalue weighted by Crippen LogP contribution is 2.41. The molecule has 2 aliphatic rings. The predicted octanol–water partition coefficient (Wildman–Crippen LogP) is 6.98. The van der Waals surface area contributed by atoms with E-state index in [1.807, 2.05) is 47.9 Å². The SMILES string of the molecule is CCC(C)c1ccc(OCCOc2c(OC)cc(/C=C3/C(=N)N4C(c5ccccc5)=CSC4=NC3=O)cc2OC)cc1. The van der Waals surface area contributed by atoms with Crippen LogP contribution in [0.5, 0.6) is 23.0 Å². The third kappa shape index (κ3) is 6.06. The quantitative estimate of drug-likeness (QED) is 0.192. The molecule has 1 atom stereocenters. The molecule has 2 aliphatic heterocycles. The van der Waals surface area contributed by atoms with Gasteiger partial charge in [0.15, 0.2) is 16.7 Å². The highest BCUT2D eigenvalue weighted by Gasteiger charge is 2.36. The number of amides is 1. The van der Waals surface area contributed by atoms with Crippen LogP contribution in [-0.4, -0.2) is 49.2 Å². The Labute approximate surface area is 250 Å². The lowest BCUT2D eigenvalue weighted by atomic mass is 9.99. The number of benzene rings is 3. The number of amidine groups is 2. The topological polar surface area (TPSA) is 93.4 Å². The molecule has 216 valence electrons. The summed E-state index contributed by atoms with van der Waals surface area (Å²) >= 11 is 1.33. The molecule has 0 saturated carbocycles. The Morgan fingerprint density at radius 1 is 0.976 bits per heavy atom. The molecule has 2 heterocycles. The van der Waals surface area contributed by atoms with E-state index in [9.17, 15) is 4.79 Å². The molecule has 1 unspecified atom stereocenters. The molecule has 1 N–H and O–H groups in total. The average Bonchev–Trinajstić information content (AvgIpc) is 3.45. The maximum absolute atomic E-state index is 13.0. The summed E-state index contributed by atoms with van der Waals surface area (Å²) in [4.78, 5) is 18.9. The molecule has 9 heteroatoms. The number of nitrogens with zero attached hydrogens (tertiary/aromatic N) is 2. The minimum Gasteiger partial charge on any atom is -0.493 e. The third-order valence-electron chi connectivity index (χ3n) is 7.14. The maximum Gasteiger partial charge on any atom is 0.283 e. The van der Waals surface area contributed by atoms with Gasteiger partial charge in [-0.3, -0.25) is 15.1 Å². The summed E-state index contributed by atoms with van der Waals surface area (Å²) in [6.45, 7) is 4.98. The lowest BCUT2D eigenvalue weighted by Crippen LogP contribution is -2.38. The number of carbonyl (C=O) groups excluding carboxylic acids is 1. The molecule has 0 bridgehead atoms. The number of aliphatic imine (C=N–C) groups is 1. The Kier molecular flexibility index (Phi) is 8.97. The van der Waals surface area contributed by atoms with Crippen LogP contribution >= 0.6 is 11.8 Å². The summed E-state index contributed by atoms with van der Waals surface area (Å²) < 4.78 is 23.1. The van der Waals surface area contributed by atoms with Gasteiger partial charge in [0.1, 0.15) is 24.8 Å². The van der Waals surface area contributed by atoms with E-state index in [0.717, 1.165) is 23.4 Å². The van der Waals surface area contributed by atoms with E-state index in [4.69, 9.17) is 24.4 Å². The molecule has 3 aromatic rings. The molecule has 8 nitrogen and oxygen atoms in total. The Bertz CT molecular complexity index is 1540. The zero-order valence-electron chi connectivity index (χ0n) is 24.0. The Morgan fingerprint density at radius 3 is 2.29 bits per heavy atom. The summed E-state index contributed by atoms with van der Waals surface area (Å²) in [6, 6.07) is 21.3. The molecular formula is C33H33N3O5S. The van der Waals surface area contributed by atoms with Gasteiger partial charge in [-0.25, -0.2) is 0 Å². The van der Waals surface area contributed by atoms with E-state index in [0.29, 0.717) is 40.5 Å². The summed E-state index contributed by atoms with van der Waals surface area (Å²) in [6.07, 6.45) is 2.71. The third-order valence-corrected chi connectivity index (χ3v) is 7.96. The van der Waals surface area contributed by atoms with Crippen LogP contribution in [-0.2, 0) is 4.79 Å². The number of carbonyl (C=O) groups is 1. The lowest BCUT2D eigenvalue weighted by Gasteiger charge is -2.27. The molecule has 0 saturated heterocycles. The zero-order valence-corrected chi connectivity index (χ0v) is 24.9. The number of methoxy groups -OCH3 is 2. The average molecular weight is 584 g/mol. The second-order valence-corrected chi connectivity index (χ2v) is 10.6. The first-order valence-electron chi connectivity index (χ1n) is 13.7. The number of nitrogens with one attached hydrogen (secondary N) is 1. The summed E-state index contributed by atoms with van der Waals surface area (Å²) in [5, 5.41) is 11.3. The largest absolute Gasteiger partial charge is 0.493 e. The van der Waals surface area contributed by atoms with Crippen molar-refractivity contribution in [2.45, 2.75) is 26.2 Å². The lowest BCUT2D eigenvalue weighted by molar-refractivity contribution is -0.114. The van der Waals surface area contributed by atoms with Crippen molar-refractivity contribution >= 4 is 40.4 Å². The normalized spacial score (nSPS) is 16.1. The van der Waals surface area contributed by atoms with Crippen molar-refractivity contribution in [3.63, 3.8) is 0 Å². The van der Waals surface area contributed by atoms with Gasteiger partial charge in [0, 0.05) is 5.41 Å². The molecule has 0 radical (unpaired) electrons. The molecule has 42 heavy (non-hydrogen) atoms. The zero-order chi connectivity index (χ0) is 29.6. The fourth-order valence-electron chi connectivity index (χ4n) is 4.64. The molecule has 0 aromatic heterocycles. The van der Waals surface area contributed by atoms with Crippen molar-refractivity contribution in [2.24, 2.45) is 4.99 Å². The van der Waals surface area contributed by atoms with Crippen LogP contribution in [0.15, 0.2) is 82.7 Å². The van der Waals surface area contributed by atoms with Crippen LogP contribution in [0.25, 0.3) is 11.8 Å². The number of fused-ring (bicyclic) bond motifs is 1. The number of thioether (sulfide) groups is 1. The van der Waals surface area contributed by atoms with E-state index in [1.54, 1.807) is 23.1 Å². The summed E-state index contributed by atoms with van der Waals surface area (Å²) in [5.74, 6) is 2.15. The van der Waals surface area contributed by atoms with Gasteiger partial charge < -0.3 is 18.9 Å². The van der Waals surface area contributed by atoms with Crippen molar-refractivity contribution in [2.75, 3.05) is 27.4 Å². The fraction of sp³-hybridized carbons (Fsp3) is 0.242. The molecule has 0 spiro atoms. The van der Waals surface area contributed by atoms with Gasteiger partial charge in [-0.1, -0.05) is 68.1 Å². The van der Waals surface area contributed by atoms with Crippen molar-refractivity contribution < 1.29 is 23.7 Å². The minimum absolute atomic E-state index is 0.0534. The Hall–Kier alpha value is -4.50. The van der Waals surface area contributed by atoms with Gasteiger partial charge in [-0.2, -0.15) is 4.99 Å². The van der Waals surface area contributed by atoms with Crippen LogP contribution < -0.4 is 18.9 Å². The fourth-order valence-corrected chi connectivity index (χ4v) is 5.53. The van der Waals surface area contributed by atoms with E-state index < -0.39 is 5.91 Å².